The van der Waals surface area contributed by atoms with Gasteiger partial charge in [0.1, 0.15) is 6.07 Å². The summed E-state index contributed by atoms with van der Waals surface area (Å²) < 4.78 is 0. The van der Waals surface area contributed by atoms with Gasteiger partial charge in [0.15, 0.2) is 0 Å². The maximum Gasteiger partial charge on any atom is 0.226 e. The van der Waals surface area contributed by atoms with E-state index in [2.05, 4.69) is 10.2 Å². The number of para-hydroxylation sites is 1. The zero-order valence-corrected chi connectivity index (χ0v) is 14.0. The van der Waals surface area contributed by atoms with Crippen molar-refractivity contribution in [3.8, 4) is 6.07 Å². The molecule has 0 saturated carbocycles. The Morgan fingerprint density at radius 1 is 1.17 bits per heavy atom. The van der Waals surface area contributed by atoms with Crippen LogP contribution in [0.4, 0.5) is 5.69 Å². The Bertz CT molecular complexity index is 578. The molecule has 0 bridgehead atoms. The Hall–Kier alpha value is -2.39. The van der Waals surface area contributed by atoms with Crippen LogP contribution in [0, 0.1) is 11.3 Å². The molecule has 6 nitrogen and oxygen atoms in total. The molecular weight excluding hydrogens is 292 g/mol. The Balaban J connectivity index is 2.49. The highest BCUT2D eigenvalue weighted by Crippen LogP contribution is 2.13. The number of nitrogens with zero attached hydrogens (tertiary/aromatic N) is 3. The van der Waals surface area contributed by atoms with Gasteiger partial charge in [0, 0.05) is 26.4 Å². The van der Waals surface area contributed by atoms with Gasteiger partial charge < -0.3 is 15.1 Å². The number of amides is 2. The molecule has 0 saturated heterocycles. The number of nitriles is 1. The second kappa shape index (κ2) is 9.59. The van der Waals surface area contributed by atoms with Gasteiger partial charge in [-0.3, -0.25) is 9.59 Å². The van der Waals surface area contributed by atoms with Gasteiger partial charge in [0.2, 0.25) is 11.8 Å². The fraction of sp³-hybridized carbons (Fsp3) is 0.471. The van der Waals surface area contributed by atoms with Crippen LogP contribution in [0.5, 0.6) is 0 Å². The van der Waals surface area contributed by atoms with Gasteiger partial charge in [-0.05, 0) is 39.2 Å². The van der Waals surface area contributed by atoms with Crippen molar-refractivity contribution in [1.82, 2.24) is 9.80 Å². The molecule has 0 aromatic heterocycles. The molecule has 1 rings (SSSR count). The van der Waals surface area contributed by atoms with Gasteiger partial charge in [-0.1, -0.05) is 12.1 Å². The second-order valence-electron chi connectivity index (χ2n) is 5.62. The van der Waals surface area contributed by atoms with Crippen molar-refractivity contribution in [2.24, 2.45) is 0 Å². The topological polar surface area (TPSA) is 76.4 Å². The highest BCUT2D eigenvalue weighted by atomic mass is 16.2. The molecule has 0 aliphatic rings. The lowest BCUT2D eigenvalue weighted by Gasteiger charge is -2.21. The zero-order valence-electron chi connectivity index (χ0n) is 14.0. The number of rotatable bonds is 8. The van der Waals surface area contributed by atoms with E-state index in [0.29, 0.717) is 24.3 Å². The summed E-state index contributed by atoms with van der Waals surface area (Å²) in [6.07, 6.45) is 1.08. The third-order valence-corrected chi connectivity index (χ3v) is 3.41. The molecule has 2 amide bonds. The Morgan fingerprint density at radius 3 is 2.48 bits per heavy atom. The van der Waals surface area contributed by atoms with E-state index in [9.17, 15) is 9.59 Å². The van der Waals surface area contributed by atoms with Crippen molar-refractivity contribution in [2.75, 3.05) is 39.0 Å². The van der Waals surface area contributed by atoms with Gasteiger partial charge >= 0.3 is 0 Å². The number of hydrogen-bond acceptors (Lipinski definition) is 4. The van der Waals surface area contributed by atoms with E-state index in [1.165, 1.54) is 6.92 Å². The summed E-state index contributed by atoms with van der Waals surface area (Å²) in [5.41, 5.74) is 0.928. The molecular formula is C17H24N4O2. The quantitative estimate of drug-likeness (QED) is 0.792. The predicted molar refractivity (Wildman–Crippen MR) is 89.8 cm³/mol. The average molecular weight is 316 g/mol. The number of nitrogens with one attached hydrogen (secondary N) is 1. The van der Waals surface area contributed by atoms with E-state index >= 15 is 0 Å². The monoisotopic (exact) mass is 316 g/mol. The predicted octanol–water partition coefficient (Wildman–Crippen LogP) is 1.69. The Labute approximate surface area is 137 Å². The number of carbonyl (C=O) groups is 2. The SMILES string of the molecule is CC(=O)N(CCCN(C)C)CCC(=O)Nc1ccccc1C#N. The van der Waals surface area contributed by atoms with Crippen LogP contribution in [0.25, 0.3) is 0 Å². The van der Waals surface area contributed by atoms with Crippen LogP contribution < -0.4 is 5.32 Å². The number of benzene rings is 1. The molecule has 0 radical (unpaired) electrons. The molecule has 0 unspecified atom stereocenters. The van der Waals surface area contributed by atoms with Crippen molar-refractivity contribution < 1.29 is 9.59 Å². The van der Waals surface area contributed by atoms with E-state index in [0.717, 1.165) is 13.0 Å². The number of carbonyl (C=O) groups excluding carboxylic acids is 2. The van der Waals surface area contributed by atoms with E-state index in [4.69, 9.17) is 5.26 Å². The first-order valence-corrected chi connectivity index (χ1v) is 7.63. The minimum absolute atomic E-state index is 0.0334. The van der Waals surface area contributed by atoms with Crippen LogP contribution >= 0.6 is 0 Å². The molecule has 6 heteroatoms. The average Bonchev–Trinajstić information content (AvgIpc) is 2.50. The first kappa shape index (κ1) is 18.7. The molecule has 0 spiro atoms. The molecule has 1 N–H and O–H groups in total. The third-order valence-electron chi connectivity index (χ3n) is 3.41. The van der Waals surface area contributed by atoms with Gasteiger partial charge in [0.05, 0.1) is 11.3 Å². The van der Waals surface area contributed by atoms with Crippen molar-refractivity contribution in [3.63, 3.8) is 0 Å². The van der Waals surface area contributed by atoms with Crippen LogP contribution in [-0.4, -0.2) is 55.3 Å². The highest BCUT2D eigenvalue weighted by molar-refractivity contribution is 5.92. The molecule has 1 aromatic rings. The first-order valence-electron chi connectivity index (χ1n) is 7.63. The van der Waals surface area contributed by atoms with Crippen LogP contribution in [0.3, 0.4) is 0 Å². The maximum atomic E-state index is 12.0. The largest absolute Gasteiger partial charge is 0.342 e. The Kier molecular flexibility index (Phi) is 7.78. The van der Waals surface area contributed by atoms with Gasteiger partial charge in [0.25, 0.3) is 0 Å². The summed E-state index contributed by atoms with van der Waals surface area (Å²) in [4.78, 5) is 27.4. The zero-order chi connectivity index (χ0) is 17.2. The highest BCUT2D eigenvalue weighted by Gasteiger charge is 2.12. The lowest BCUT2D eigenvalue weighted by atomic mass is 10.2. The normalized spacial score (nSPS) is 10.2. The van der Waals surface area contributed by atoms with Crippen molar-refractivity contribution in [2.45, 2.75) is 19.8 Å². The summed E-state index contributed by atoms with van der Waals surface area (Å²) in [6.45, 7) is 3.42. The molecule has 0 aliphatic heterocycles. The van der Waals surface area contributed by atoms with Gasteiger partial charge in [-0.25, -0.2) is 0 Å². The summed E-state index contributed by atoms with van der Waals surface area (Å²) in [5, 5.41) is 11.7. The van der Waals surface area contributed by atoms with E-state index in [1.807, 2.05) is 20.2 Å². The fourth-order valence-electron chi connectivity index (χ4n) is 2.14. The molecule has 0 aliphatic carbocycles. The second-order valence-corrected chi connectivity index (χ2v) is 5.62. The molecule has 23 heavy (non-hydrogen) atoms. The van der Waals surface area contributed by atoms with E-state index in [-0.39, 0.29) is 18.2 Å². The molecule has 0 heterocycles. The van der Waals surface area contributed by atoms with E-state index < -0.39 is 0 Å². The van der Waals surface area contributed by atoms with Crippen LogP contribution in [0.2, 0.25) is 0 Å². The number of anilines is 1. The summed E-state index contributed by atoms with van der Waals surface area (Å²) in [7, 11) is 3.97. The number of hydrogen-bond donors (Lipinski definition) is 1. The van der Waals surface area contributed by atoms with Crippen molar-refractivity contribution >= 4 is 17.5 Å². The van der Waals surface area contributed by atoms with Gasteiger partial charge in [-0.15, -0.1) is 0 Å². The lowest BCUT2D eigenvalue weighted by molar-refractivity contribution is -0.129. The van der Waals surface area contributed by atoms with Crippen molar-refractivity contribution in [1.29, 1.82) is 5.26 Å². The minimum atomic E-state index is -0.202. The minimum Gasteiger partial charge on any atom is -0.342 e. The summed E-state index contributed by atoms with van der Waals surface area (Å²) >= 11 is 0. The van der Waals surface area contributed by atoms with Gasteiger partial charge in [-0.2, -0.15) is 5.26 Å². The lowest BCUT2D eigenvalue weighted by Crippen LogP contribution is -2.34. The summed E-state index contributed by atoms with van der Waals surface area (Å²) in [5.74, 6) is -0.236. The molecule has 0 fully saturated rings. The smallest absolute Gasteiger partial charge is 0.226 e. The molecule has 1 aromatic carbocycles. The summed E-state index contributed by atoms with van der Waals surface area (Å²) in [6, 6.07) is 8.89. The molecule has 0 atom stereocenters. The molecule has 124 valence electrons. The van der Waals surface area contributed by atoms with Crippen molar-refractivity contribution in [3.05, 3.63) is 29.8 Å². The Morgan fingerprint density at radius 2 is 1.87 bits per heavy atom. The van der Waals surface area contributed by atoms with Crippen LogP contribution in [-0.2, 0) is 9.59 Å². The van der Waals surface area contributed by atoms with E-state index in [1.54, 1.807) is 29.2 Å². The maximum absolute atomic E-state index is 12.0. The fourth-order valence-corrected chi connectivity index (χ4v) is 2.14. The van der Waals surface area contributed by atoms with Crippen LogP contribution in [0.1, 0.15) is 25.3 Å². The van der Waals surface area contributed by atoms with Crippen LogP contribution in [0.15, 0.2) is 24.3 Å². The first-order chi connectivity index (χ1) is 10.9. The third kappa shape index (κ3) is 6.94. The standard InChI is InChI=1S/C17H24N4O2/c1-14(22)21(11-6-10-20(2)3)12-9-17(23)19-16-8-5-4-7-15(16)13-18/h4-5,7-8H,6,9-12H2,1-3H3,(H,19,23).